The first-order valence-corrected chi connectivity index (χ1v) is 11.9. The average molecular weight is 471 g/mol. The maximum Gasteiger partial charge on any atom is 0.0974 e. The molecule has 2 aliphatic heterocycles. The second-order valence-electron chi connectivity index (χ2n) is 9.77. The Morgan fingerprint density at radius 2 is 1.67 bits per heavy atom. The van der Waals surface area contributed by atoms with Crippen molar-refractivity contribution in [3.63, 3.8) is 0 Å². The van der Waals surface area contributed by atoms with Gasteiger partial charge in [0.1, 0.15) is 0 Å². The molecule has 0 bridgehead atoms. The van der Waals surface area contributed by atoms with Crippen LogP contribution in [0.1, 0.15) is 37.5 Å². The van der Waals surface area contributed by atoms with Crippen LogP contribution in [-0.2, 0) is 5.41 Å². The molecule has 0 saturated carbocycles. The molecule has 6 nitrogen and oxygen atoms in total. The lowest BCUT2D eigenvalue weighted by atomic mass is 9.86. The molecule has 0 saturated heterocycles. The molecular weight excluding hydrogens is 446 g/mol. The first kappa shape index (κ1) is 22.0. The molecule has 176 valence electrons. The molecule has 0 N–H and O–H groups in total. The maximum absolute atomic E-state index is 13.3. The van der Waals surface area contributed by atoms with Gasteiger partial charge in [-0.2, -0.15) is 5.26 Å². The quantitative estimate of drug-likeness (QED) is 0.334. The van der Waals surface area contributed by atoms with Gasteiger partial charge in [0.25, 0.3) is 0 Å². The van der Waals surface area contributed by atoms with Crippen molar-refractivity contribution in [3.05, 3.63) is 101 Å². The largest absolute Gasteiger partial charge is 0.757 e. The predicted molar refractivity (Wildman–Crippen MR) is 144 cm³/mol. The van der Waals surface area contributed by atoms with E-state index in [0.29, 0.717) is 5.70 Å². The molecule has 4 aromatic rings. The summed E-state index contributed by atoms with van der Waals surface area (Å²) in [7, 11) is 0. The van der Waals surface area contributed by atoms with Gasteiger partial charge in [-0.3, -0.25) is 4.98 Å². The van der Waals surface area contributed by atoms with Gasteiger partial charge < -0.3 is 15.2 Å². The summed E-state index contributed by atoms with van der Waals surface area (Å²) in [5.74, 6) is 0. The molecule has 36 heavy (non-hydrogen) atoms. The zero-order valence-electron chi connectivity index (χ0n) is 20.3. The van der Waals surface area contributed by atoms with E-state index in [-0.39, 0.29) is 0 Å². The Morgan fingerprint density at radius 3 is 2.44 bits per heavy atom. The number of nitriles is 1. The zero-order valence-corrected chi connectivity index (χ0v) is 20.3. The van der Waals surface area contributed by atoms with E-state index in [2.05, 4.69) is 35.3 Å². The topological polar surface area (TPSA) is 78.6 Å². The number of nitrogens with zero attached hydrogens (tertiary/aromatic N) is 5. The average Bonchev–Trinajstić information content (AvgIpc) is 3.18. The first-order chi connectivity index (χ1) is 17.4. The van der Waals surface area contributed by atoms with E-state index in [1.165, 1.54) is 0 Å². The van der Waals surface area contributed by atoms with Gasteiger partial charge in [0.05, 0.1) is 46.6 Å². The number of hydrogen-bond acceptors (Lipinski definition) is 6. The molecule has 0 radical (unpaired) electrons. The fourth-order valence-electron chi connectivity index (χ4n) is 4.88. The van der Waals surface area contributed by atoms with Crippen molar-refractivity contribution in [1.82, 2.24) is 14.9 Å². The van der Waals surface area contributed by atoms with Crippen LogP contribution in [0.15, 0.2) is 84.0 Å². The fourth-order valence-corrected chi connectivity index (χ4v) is 4.88. The normalized spacial score (nSPS) is 16.8. The Kier molecular flexibility index (Phi) is 4.92. The van der Waals surface area contributed by atoms with E-state index < -0.39 is 11.6 Å². The van der Waals surface area contributed by atoms with Gasteiger partial charge in [-0.25, -0.2) is 4.99 Å². The van der Waals surface area contributed by atoms with Gasteiger partial charge in [-0.1, -0.05) is 54.6 Å². The van der Waals surface area contributed by atoms with E-state index >= 15 is 0 Å². The highest BCUT2D eigenvalue weighted by Gasteiger charge is 2.34. The first-order valence-electron chi connectivity index (χ1n) is 11.9. The van der Waals surface area contributed by atoms with Gasteiger partial charge in [0.15, 0.2) is 0 Å². The Bertz CT molecular complexity index is 1610. The van der Waals surface area contributed by atoms with Crippen LogP contribution in [-0.4, -0.2) is 27.5 Å². The summed E-state index contributed by atoms with van der Waals surface area (Å²) in [5.41, 5.74) is 7.31. The van der Waals surface area contributed by atoms with Crippen molar-refractivity contribution in [2.45, 2.75) is 32.4 Å². The fraction of sp³-hybridized carbons (Fsp3) is 0.167. The monoisotopic (exact) mass is 470 g/mol. The van der Waals surface area contributed by atoms with E-state index in [1.54, 1.807) is 6.34 Å². The number of rotatable bonds is 3. The molecule has 3 heterocycles. The van der Waals surface area contributed by atoms with Crippen molar-refractivity contribution in [3.8, 4) is 17.2 Å². The molecule has 0 spiro atoms. The number of benzene rings is 3. The Labute approximate surface area is 210 Å². The van der Waals surface area contributed by atoms with Crippen molar-refractivity contribution < 1.29 is 0 Å². The highest BCUT2D eigenvalue weighted by molar-refractivity contribution is 6.02. The summed E-state index contributed by atoms with van der Waals surface area (Å²) in [6, 6.07) is 26.4. The molecule has 6 heteroatoms. The summed E-state index contributed by atoms with van der Waals surface area (Å²) in [6.07, 6.45) is 3.22. The lowest BCUT2D eigenvalue weighted by Gasteiger charge is -2.35. The third kappa shape index (κ3) is 3.36. The molecular formula is C30H24N5O-. The summed E-state index contributed by atoms with van der Waals surface area (Å²) in [4.78, 5) is 11.2. The maximum atomic E-state index is 13.3. The SMILES string of the molecule is CC1N([O-])C(c2ccc(C(C)(C)C#N)cc2)=C2c3ccc(-c4cnc5ccccc5c4)cc3N=CN21. The van der Waals surface area contributed by atoms with Gasteiger partial charge in [0, 0.05) is 22.7 Å². The number of pyridine rings is 1. The van der Waals surface area contributed by atoms with Gasteiger partial charge in [-0.05, 0) is 55.7 Å². The summed E-state index contributed by atoms with van der Waals surface area (Å²) < 4.78 is 0. The molecule has 0 fully saturated rings. The number of aromatic nitrogens is 1. The molecule has 6 rings (SSSR count). The lowest BCUT2D eigenvalue weighted by molar-refractivity contribution is 0.311. The number of para-hydroxylation sites is 1. The van der Waals surface area contributed by atoms with Crippen LogP contribution in [0.3, 0.4) is 0 Å². The molecule has 2 aliphatic rings. The molecule has 1 atom stereocenters. The minimum atomic E-state index is -0.597. The third-order valence-electron chi connectivity index (χ3n) is 7.10. The molecule has 0 aliphatic carbocycles. The number of aliphatic imine (C=N–C) groups is 1. The number of fused-ring (bicyclic) bond motifs is 4. The van der Waals surface area contributed by atoms with E-state index in [9.17, 15) is 10.5 Å². The highest BCUT2D eigenvalue weighted by atomic mass is 16.5. The second kappa shape index (κ2) is 8.04. The molecule has 3 aromatic carbocycles. The number of hydrogen-bond donors (Lipinski definition) is 0. The minimum Gasteiger partial charge on any atom is -0.757 e. The Morgan fingerprint density at radius 1 is 0.917 bits per heavy atom. The number of hydroxylamine groups is 2. The summed E-state index contributed by atoms with van der Waals surface area (Å²) in [6.45, 7) is 5.65. The van der Waals surface area contributed by atoms with Crippen molar-refractivity contribution in [2.75, 3.05) is 0 Å². The van der Waals surface area contributed by atoms with Crippen molar-refractivity contribution >= 4 is 34.3 Å². The van der Waals surface area contributed by atoms with Gasteiger partial charge in [-0.15, -0.1) is 0 Å². The van der Waals surface area contributed by atoms with Crippen molar-refractivity contribution in [2.24, 2.45) is 4.99 Å². The van der Waals surface area contributed by atoms with E-state index in [4.69, 9.17) is 4.99 Å². The van der Waals surface area contributed by atoms with E-state index in [0.717, 1.165) is 55.2 Å². The van der Waals surface area contributed by atoms with Crippen LogP contribution < -0.4 is 0 Å². The van der Waals surface area contributed by atoms with Gasteiger partial charge in [0.2, 0.25) is 0 Å². The third-order valence-corrected chi connectivity index (χ3v) is 7.10. The standard InChI is InChI=1S/C30H24N5O/c1-19-34-18-33-27-15-21(23-14-22-6-4-5-7-26(22)32-16-23)10-13-25(27)29(34)28(35(19)36)20-8-11-24(12-9-20)30(2,3)17-31/h4-16,18-19H,1-3H3/q-1. The van der Waals surface area contributed by atoms with Crippen LogP contribution >= 0.6 is 0 Å². The lowest BCUT2D eigenvalue weighted by Crippen LogP contribution is -2.34. The zero-order chi connectivity index (χ0) is 25.0. The van der Waals surface area contributed by atoms with Crippen LogP contribution in [0.5, 0.6) is 0 Å². The van der Waals surface area contributed by atoms with Crippen molar-refractivity contribution in [1.29, 1.82) is 5.26 Å². The predicted octanol–water partition coefficient (Wildman–Crippen LogP) is 6.66. The Hall–Kier alpha value is -4.47. The van der Waals surface area contributed by atoms with Crippen LogP contribution in [0.25, 0.3) is 33.4 Å². The highest BCUT2D eigenvalue weighted by Crippen LogP contribution is 2.46. The smallest absolute Gasteiger partial charge is 0.0974 e. The van der Waals surface area contributed by atoms with E-state index in [1.807, 2.05) is 80.4 Å². The molecule has 1 aromatic heterocycles. The second-order valence-corrected chi connectivity index (χ2v) is 9.77. The van der Waals surface area contributed by atoms with Crippen LogP contribution in [0, 0.1) is 16.5 Å². The summed E-state index contributed by atoms with van der Waals surface area (Å²) >= 11 is 0. The van der Waals surface area contributed by atoms with Crippen LogP contribution in [0.2, 0.25) is 0 Å². The Balaban J connectivity index is 1.45. The molecule has 1 unspecified atom stereocenters. The van der Waals surface area contributed by atoms with Gasteiger partial charge >= 0.3 is 0 Å². The molecule has 0 amide bonds. The summed E-state index contributed by atoms with van der Waals surface area (Å²) in [5, 5.41) is 24.9. The van der Waals surface area contributed by atoms with Crippen LogP contribution in [0.4, 0.5) is 5.69 Å². The minimum absolute atomic E-state index is 0.411.